The van der Waals surface area contributed by atoms with Crippen molar-refractivity contribution in [2.75, 3.05) is 6.54 Å². The third kappa shape index (κ3) is 5.09. The summed E-state index contributed by atoms with van der Waals surface area (Å²) in [6.45, 7) is 2.73. The van der Waals surface area contributed by atoms with E-state index in [4.69, 9.17) is 9.15 Å². The van der Waals surface area contributed by atoms with Gasteiger partial charge >= 0.3 is 5.97 Å². The van der Waals surface area contributed by atoms with Crippen LogP contribution in [-0.4, -0.2) is 23.3 Å². The van der Waals surface area contributed by atoms with Crippen molar-refractivity contribution in [3.63, 3.8) is 0 Å². The molecule has 3 aromatic carbocycles. The predicted molar refractivity (Wildman–Crippen MR) is 152 cm³/mol. The number of furan rings is 1. The van der Waals surface area contributed by atoms with Gasteiger partial charge in [0.15, 0.2) is 5.75 Å². The molecule has 1 aromatic heterocycles. The highest BCUT2D eigenvalue weighted by Gasteiger charge is 2.53. The van der Waals surface area contributed by atoms with Crippen LogP contribution in [0, 0.1) is 0 Å². The second-order valence-corrected chi connectivity index (χ2v) is 11.2. The van der Waals surface area contributed by atoms with Gasteiger partial charge in [-0.25, -0.2) is 4.79 Å². The minimum Gasteiger partial charge on any atom is -0.477 e. The van der Waals surface area contributed by atoms with E-state index >= 15 is 0 Å². The van der Waals surface area contributed by atoms with E-state index < -0.39 is 11.7 Å². The lowest BCUT2D eigenvalue weighted by Crippen LogP contribution is -2.56. The molecule has 192 valence electrons. The summed E-state index contributed by atoms with van der Waals surface area (Å²) in [7, 11) is 0. The van der Waals surface area contributed by atoms with Crippen LogP contribution in [0.1, 0.15) is 54.6 Å². The number of hydrogen-bond donors (Lipinski definition) is 2. The molecule has 5 nitrogen and oxygen atoms in total. The van der Waals surface area contributed by atoms with Crippen LogP contribution in [0.5, 0.6) is 5.75 Å². The van der Waals surface area contributed by atoms with E-state index in [0.29, 0.717) is 34.1 Å². The quantitative estimate of drug-likeness (QED) is 0.198. The SMILES string of the molecule is CCCCc1oc2ccccc2c1Cc1cc(Br)c(O[C@]2(C(=O)O)NCC[C@@H]2c2ccccc2)c(Br)c1. The van der Waals surface area contributed by atoms with Crippen LogP contribution in [-0.2, 0) is 17.6 Å². The number of nitrogens with one attached hydrogen (secondary N) is 1. The average Bonchev–Trinajstić information content (AvgIpc) is 3.48. The van der Waals surface area contributed by atoms with Gasteiger partial charge in [-0.05, 0) is 74.0 Å². The highest BCUT2D eigenvalue weighted by Crippen LogP contribution is 2.43. The Balaban J connectivity index is 1.48. The van der Waals surface area contributed by atoms with Crippen LogP contribution < -0.4 is 10.1 Å². The van der Waals surface area contributed by atoms with Gasteiger partial charge in [-0.1, -0.05) is 61.9 Å². The van der Waals surface area contributed by atoms with Gasteiger partial charge in [-0.15, -0.1) is 0 Å². The van der Waals surface area contributed by atoms with Crippen molar-refractivity contribution in [3.8, 4) is 5.75 Å². The molecule has 2 N–H and O–H groups in total. The number of rotatable bonds is 9. The summed E-state index contributed by atoms with van der Waals surface area (Å²) in [4.78, 5) is 12.6. The number of fused-ring (bicyclic) bond motifs is 1. The number of hydrogen-bond acceptors (Lipinski definition) is 4. The van der Waals surface area contributed by atoms with Crippen molar-refractivity contribution in [2.45, 2.75) is 50.7 Å². The number of halogens is 2. The number of aryl methyl sites for hydroxylation is 1. The normalized spacial score (nSPS) is 19.4. The van der Waals surface area contributed by atoms with Crippen molar-refractivity contribution in [3.05, 3.63) is 98.1 Å². The van der Waals surface area contributed by atoms with Crippen molar-refractivity contribution >= 4 is 48.8 Å². The maximum Gasteiger partial charge on any atom is 0.364 e. The monoisotopic (exact) mass is 625 g/mol. The Kier molecular flexibility index (Phi) is 7.75. The average molecular weight is 627 g/mol. The van der Waals surface area contributed by atoms with Crippen LogP contribution in [0.2, 0.25) is 0 Å². The van der Waals surface area contributed by atoms with Gasteiger partial charge in [0, 0.05) is 30.3 Å². The van der Waals surface area contributed by atoms with Crippen LogP contribution >= 0.6 is 31.9 Å². The van der Waals surface area contributed by atoms with E-state index in [0.717, 1.165) is 47.1 Å². The van der Waals surface area contributed by atoms with Gasteiger partial charge in [-0.2, -0.15) is 0 Å². The Labute approximate surface area is 233 Å². The third-order valence-electron chi connectivity index (χ3n) is 7.07. The Morgan fingerprint density at radius 1 is 1.11 bits per heavy atom. The molecule has 1 fully saturated rings. The fourth-order valence-electron chi connectivity index (χ4n) is 5.25. The largest absolute Gasteiger partial charge is 0.477 e. The molecule has 7 heteroatoms. The van der Waals surface area contributed by atoms with Gasteiger partial charge in [0.05, 0.1) is 14.9 Å². The van der Waals surface area contributed by atoms with Gasteiger partial charge in [0.25, 0.3) is 5.72 Å². The van der Waals surface area contributed by atoms with Gasteiger partial charge in [0.2, 0.25) is 0 Å². The summed E-state index contributed by atoms with van der Waals surface area (Å²) >= 11 is 7.34. The van der Waals surface area contributed by atoms with Crippen LogP contribution in [0.4, 0.5) is 0 Å². The molecular weight excluding hydrogens is 598 g/mol. The Morgan fingerprint density at radius 3 is 2.51 bits per heavy atom. The zero-order valence-electron chi connectivity index (χ0n) is 20.6. The Bertz CT molecular complexity index is 1390. The predicted octanol–water partition coefficient (Wildman–Crippen LogP) is 7.83. The number of ether oxygens (including phenoxy) is 1. The molecule has 4 aromatic rings. The van der Waals surface area contributed by atoms with E-state index in [1.807, 2.05) is 60.7 Å². The fourth-order valence-corrected chi connectivity index (χ4v) is 6.69. The van der Waals surface area contributed by atoms with E-state index in [1.54, 1.807) is 0 Å². The molecule has 0 spiro atoms. The minimum atomic E-state index is -1.57. The molecular formula is C30H29Br2NO4. The molecule has 2 heterocycles. The summed E-state index contributed by atoms with van der Waals surface area (Å²) in [5, 5.41) is 14.6. The van der Waals surface area contributed by atoms with E-state index in [-0.39, 0.29) is 5.92 Å². The second kappa shape index (κ2) is 11.0. The standard InChI is InChI=1S/C30H29Br2NO4/c1-2-3-12-27-22(21-11-7-8-13-26(21)36-27)16-19-17-24(31)28(25(32)18-19)37-30(29(34)35)23(14-15-33-30)20-9-5-4-6-10-20/h4-11,13,17-18,23,33H,2-3,12,14-16H2,1H3,(H,34,35)/t23-,30-/m1/s1. The smallest absolute Gasteiger partial charge is 0.364 e. The number of aliphatic carboxylic acids is 1. The Morgan fingerprint density at radius 2 is 1.81 bits per heavy atom. The molecule has 0 amide bonds. The van der Waals surface area contributed by atoms with Crippen molar-refractivity contribution in [2.24, 2.45) is 0 Å². The molecule has 0 saturated carbocycles. The van der Waals surface area contributed by atoms with Crippen molar-refractivity contribution in [1.29, 1.82) is 0 Å². The molecule has 37 heavy (non-hydrogen) atoms. The zero-order valence-corrected chi connectivity index (χ0v) is 23.8. The number of carboxylic acids is 1. The van der Waals surface area contributed by atoms with Gasteiger partial charge < -0.3 is 14.3 Å². The first-order chi connectivity index (χ1) is 17.9. The molecule has 0 aliphatic carbocycles. The number of para-hydroxylation sites is 1. The molecule has 1 aliphatic rings. The molecule has 0 radical (unpaired) electrons. The summed E-state index contributed by atoms with van der Waals surface area (Å²) in [6.07, 6.45) is 4.43. The lowest BCUT2D eigenvalue weighted by atomic mass is 9.88. The maximum atomic E-state index is 12.6. The third-order valence-corrected chi connectivity index (χ3v) is 8.25. The highest BCUT2D eigenvalue weighted by atomic mass is 79.9. The zero-order chi connectivity index (χ0) is 26.0. The van der Waals surface area contributed by atoms with Crippen LogP contribution in [0.15, 0.2) is 80.1 Å². The van der Waals surface area contributed by atoms with E-state index in [1.165, 1.54) is 5.56 Å². The van der Waals surface area contributed by atoms with E-state index in [9.17, 15) is 9.90 Å². The van der Waals surface area contributed by atoms with Crippen molar-refractivity contribution < 1.29 is 19.1 Å². The molecule has 1 saturated heterocycles. The molecule has 2 atom stereocenters. The summed E-state index contributed by atoms with van der Waals surface area (Å²) in [6, 6.07) is 21.9. The molecule has 0 bridgehead atoms. The van der Waals surface area contributed by atoms with Crippen molar-refractivity contribution in [1.82, 2.24) is 5.32 Å². The first-order valence-electron chi connectivity index (χ1n) is 12.6. The first kappa shape index (κ1) is 26.0. The van der Waals surface area contributed by atoms with Gasteiger partial charge in [-0.3, -0.25) is 5.32 Å². The topological polar surface area (TPSA) is 71.7 Å². The number of carbonyl (C=O) groups is 1. The maximum absolute atomic E-state index is 12.6. The lowest BCUT2D eigenvalue weighted by molar-refractivity contribution is -0.158. The fraction of sp³-hybridized carbons (Fsp3) is 0.300. The van der Waals surface area contributed by atoms with E-state index in [2.05, 4.69) is 50.2 Å². The van der Waals surface area contributed by atoms with Gasteiger partial charge in [0.1, 0.15) is 11.3 Å². The molecule has 0 unspecified atom stereocenters. The number of carboxylic acid groups (broad SMARTS) is 1. The Hall–Kier alpha value is -2.61. The first-order valence-corrected chi connectivity index (χ1v) is 14.2. The summed E-state index contributed by atoms with van der Waals surface area (Å²) in [5.74, 6) is 0.126. The van der Waals surface area contributed by atoms with Crippen LogP contribution in [0.3, 0.4) is 0 Å². The molecule has 1 aliphatic heterocycles. The summed E-state index contributed by atoms with van der Waals surface area (Å²) in [5.41, 5.74) is 2.54. The molecule has 5 rings (SSSR count). The summed E-state index contributed by atoms with van der Waals surface area (Å²) < 4.78 is 14.0. The minimum absolute atomic E-state index is 0.330. The van der Waals surface area contributed by atoms with Crippen LogP contribution in [0.25, 0.3) is 11.0 Å². The lowest BCUT2D eigenvalue weighted by Gasteiger charge is -2.33. The second-order valence-electron chi connectivity index (χ2n) is 9.49. The number of unbranched alkanes of at least 4 members (excludes halogenated alkanes) is 1. The number of benzene rings is 3. The highest BCUT2D eigenvalue weighted by molar-refractivity contribution is 9.11.